The number of benzene rings is 1. The van der Waals surface area contributed by atoms with Crippen LogP contribution in [0.3, 0.4) is 0 Å². The van der Waals surface area contributed by atoms with E-state index in [-0.39, 0.29) is 0 Å². The van der Waals surface area contributed by atoms with Gasteiger partial charge in [-0.25, -0.2) is 0 Å². The molecule has 0 aliphatic carbocycles. The van der Waals surface area contributed by atoms with Crippen LogP contribution in [0.2, 0.25) is 0 Å². The summed E-state index contributed by atoms with van der Waals surface area (Å²) in [6.45, 7) is 0. The highest BCUT2D eigenvalue weighted by atomic mass is 16.5. The van der Waals surface area contributed by atoms with Gasteiger partial charge in [-0.15, -0.1) is 10.5 Å². The van der Waals surface area contributed by atoms with Crippen molar-refractivity contribution in [1.29, 1.82) is 0 Å². The fourth-order valence-electron chi connectivity index (χ4n) is 1.21. The first-order valence-electron chi connectivity index (χ1n) is 4.20. The van der Waals surface area contributed by atoms with Crippen LogP contribution in [0.15, 0.2) is 35.4 Å². The third kappa shape index (κ3) is 1.54. The molecule has 0 amide bonds. The maximum absolute atomic E-state index is 5.47. The van der Waals surface area contributed by atoms with Gasteiger partial charge in [0.15, 0.2) is 0 Å². The van der Waals surface area contributed by atoms with Gasteiger partial charge in [-0.05, 0) is 24.3 Å². The zero-order valence-corrected chi connectivity index (χ0v) is 7.77. The number of ether oxygens (including phenoxy) is 1. The van der Waals surface area contributed by atoms with Crippen molar-refractivity contribution in [3.8, 4) is 5.75 Å². The zero-order valence-electron chi connectivity index (χ0n) is 7.77. The molecule has 0 saturated heterocycles. The summed E-state index contributed by atoms with van der Waals surface area (Å²) in [6, 6.07) is 7.59. The second-order valence-electron chi connectivity index (χ2n) is 2.88. The highest BCUT2D eigenvalue weighted by molar-refractivity contribution is 6.00. The van der Waals surface area contributed by atoms with Crippen molar-refractivity contribution in [2.75, 3.05) is 7.11 Å². The maximum atomic E-state index is 5.47. The van der Waals surface area contributed by atoms with Crippen LogP contribution in [0.5, 0.6) is 5.75 Å². The van der Waals surface area contributed by atoms with Crippen molar-refractivity contribution in [2.45, 2.75) is 0 Å². The van der Waals surface area contributed by atoms with Gasteiger partial charge < -0.3 is 10.5 Å². The van der Waals surface area contributed by atoms with E-state index in [1.807, 2.05) is 24.3 Å². The first-order chi connectivity index (χ1) is 6.79. The molecule has 0 saturated carbocycles. The first kappa shape index (κ1) is 8.62. The lowest BCUT2D eigenvalue weighted by Crippen LogP contribution is -2.04. The van der Waals surface area contributed by atoms with Gasteiger partial charge in [0.25, 0.3) is 0 Å². The Bertz CT molecular complexity index is 392. The number of methoxy groups -OCH3 is 1. The Kier molecular flexibility index (Phi) is 2.10. The SMILES string of the molecule is COc1ccc(C2=CC(N)=N[N]2)cc1. The Morgan fingerprint density at radius 1 is 1.21 bits per heavy atom. The molecule has 2 rings (SSSR count). The van der Waals surface area contributed by atoms with E-state index < -0.39 is 0 Å². The predicted molar refractivity (Wildman–Crippen MR) is 54.7 cm³/mol. The molecule has 0 atom stereocenters. The predicted octanol–water partition coefficient (Wildman–Crippen LogP) is 0.926. The number of hydrogen-bond donors (Lipinski definition) is 1. The van der Waals surface area contributed by atoms with E-state index in [4.69, 9.17) is 10.5 Å². The molecule has 14 heavy (non-hydrogen) atoms. The molecule has 0 spiro atoms. The molecule has 0 fully saturated rings. The summed E-state index contributed by atoms with van der Waals surface area (Å²) in [5, 5.41) is 3.73. The average molecular weight is 188 g/mol. The molecule has 1 radical (unpaired) electrons. The largest absolute Gasteiger partial charge is 0.497 e. The quantitative estimate of drug-likeness (QED) is 0.750. The molecule has 2 N–H and O–H groups in total. The summed E-state index contributed by atoms with van der Waals surface area (Å²) in [6.07, 6.45) is 1.74. The molecule has 1 aliphatic heterocycles. The Labute approximate surface area is 82.1 Å². The molecule has 0 bridgehead atoms. The minimum Gasteiger partial charge on any atom is -0.497 e. The van der Waals surface area contributed by atoms with Crippen molar-refractivity contribution in [3.63, 3.8) is 0 Å². The van der Waals surface area contributed by atoms with Crippen LogP contribution >= 0.6 is 0 Å². The number of amidine groups is 1. The standard InChI is InChI=1S/C10H10N3O/c1-14-8-4-2-7(3-5-8)9-6-10(11)13-12-9/h2-6H,1H3,(H2,11,13). The first-order valence-corrected chi connectivity index (χ1v) is 4.20. The van der Waals surface area contributed by atoms with Gasteiger partial charge in [0.05, 0.1) is 12.8 Å². The zero-order chi connectivity index (χ0) is 9.97. The lowest BCUT2D eigenvalue weighted by Gasteiger charge is -2.01. The normalized spacial score (nSPS) is 14.4. The van der Waals surface area contributed by atoms with Gasteiger partial charge in [-0.1, -0.05) is 0 Å². The molecule has 71 valence electrons. The highest BCUT2D eigenvalue weighted by Gasteiger charge is 2.09. The third-order valence-electron chi connectivity index (χ3n) is 1.94. The van der Waals surface area contributed by atoms with Crippen LogP contribution in [-0.4, -0.2) is 12.9 Å². The second-order valence-corrected chi connectivity index (χ2v) is 2.88. The molecule has 4 nitrogen and oxygen atoms in total. The molecule has 1 aliphatic rings. The summed E-state index contributed by atoms with van der Waals surface area (Å²) in [4.78, 5) is 0. The average Bonchev–Trinajstić information content (AvgIpc) is 2.65. The second kappa shape index (κ2) is 3.41. The summed E-state index contributed by atoms with van der Waals surface area (Å²) < 4.78 is 5.05. The summed E-state index contributed by atoms with van der Waals surface area (Å²) in [5.41, 5.74) is 11.2. The lowest BCUT2D eigenvalue weighted by atomic mass is 10.1. The van der Waals surface area contributed by atoms with E-state index >= 15 is 0 Å². The molecule has 1 aromatic carbocycles. The third-order valence-corrected chi connectivity index (χ3v) is 1.94. The van der Waals surface area contributed by atoms with Gasteiger partial charge in [0, 0.05) is 11.6 Å². The van der Waals surface area contributed by atoms with Gasteiger partial charge >= 0.3 is 0 Å². The minimum absolute atomic E-state index is 0.441. The topological polar surface area (TPSA) is 61.7 Å². The number of nitrogens with two attached hydrogens (primary N) is 1. The number of hydrogen-bond acceptors (Lipinski definition) is 3. The molecule has 4 heteroatoms. The van der Waals surface area contributed by atoms with E-state index in [1.54, 1.807) is 13.2 Å². The van der Waals surface area contributed by atoms with Gasteiger partial charge in [0.1, 0.15) is 11.6 Å². The summed E-state index contributed by atoms with van der Waals surface area (Å²) >= 11 is 0. The Hall–Kier alpha value is -1.97. The van der Waals surface area contributed by atoms with Crippen LogP contribution in [0.4, 0.5) is 0 Å². The van der Waals surface area contributed by atoms with Crippen LogP contribution in [0, 0.1) is 0 Å². The molecule has 1 aromatic rings. The van der Waals surface area contributed by atoms with Crippen molar-refractivity contribution < 1.29 is 4.74 Å². The molecular weight excluding hydrogens is 178 g/mol. The van der Waals surface area contributed by atoms with E-state index in [9.17, 15) is 0 Å². The molecular formula is C10H10N3O. The van der Waals surface area contributed by atoms with E-state index in [2.05, 4.69) is 10.5 Å². The van der Waals surface area contributed by atoms with E-state index in [0.717, 1.165) is 17.0 Å². The van der Waals surface area contributed by atoms with E-state index in [1.165, 1.54) is 0 Å². The Balaban J connectivity index is 2.23. The number of rotatable bonds is 2. The van der Waals surface area contributed by atoms with E-state index in [0.29, 0.717) is 5.84 Å². The fraction of sp³-hybridized carbons (Fsp3) is 0.100. The van der Waals surface area contributed by atoms with Crippen LogP contribution in [0.1, 0.15) is 5.56 Å². The van der Waals surface area contributed by atoms with Crippen molar-refractivity contribution in [3.05, 3.63) is 35.9 Å². The summed E-state index contributed by atoms with van der Waals surface area (Å²) in [7, 11) is 1.63. The van der Waals surface area contributed by atoms with Crippen LogP contribution in [0.25, 0.3) is 5.70 Å². The molecule has 1 heterocycles. The Morgan fingerprint density at radius 2 is 1.93 bits per heavy atom. The van der Waals surface area contributed by atoms with Gasteiger partial charge in [0.2, 0.25) is 0 Å². The Morgan fingerprint density at radius 3 is 2.43 bits per heavy atom. The van der Waals surface area contributed by atoms with Crippen LogP contribution < -0.4 is 15.9 Å². The summed E-state index contributed by atoms with van der Waals surface area (Å²) in [5.74, 6) is 1.26. The smallest absolute Gasteiger partial charge is 0.148 e. The lowest BCUT2D eigenvalue weighted by molar-refractivity contribution is 0.415. The maximum Gasteiger partial charge on any atom is 0.148 e. The highest BCUT2D eigenvalue weighted by Crippen LogP contribution is 2.19. The van der Waals surface area contributed by atoms with Crippen molar-refractivity contribution >= 4 is 11.5 Å². The monoisotopic (exact) mass is 188 g/mol. The van der Waals surface area contributed by atoms with Gasteiger partial charge in [-0.3, -0.25) is 0 Å². The fourth-order valence-corrected chi connectivity index (χ4v) is 1.21. The van der Waals surface area contributed by atoms with Crippen molar-refractivity contribution in [2.24, 2.45) is 10.8 Å². The number of nitrogens with zero attached hydrogens (tertiary/aromatic N) is 2. The molecule has 0 unspecified atom stereocenters. The van der Waals surface area contributed by atoms with Crippen molar-refractivity contribution in [1.82, 2.24) is 5.43 Å². The van der Waals surface area contributed by atoms with Gasteiger partial charge in [-0.2, -0.15) is 0 Å². The minimum atomic E-state index is 0.441. The molecule has 0 aromatic heterocycles. The van der Waals surface area contributed by atoms with Crippen LogP contribution in [-0.2, 0) is 0 Å².